The molecule has 2 aromatic heterocycles. The van der Waals surface area contributed by atoms with E-state index in [-0.39, 0.29) is 5.91 Å². The summed E-state index contributed by atoms with van der Waals surface area (Å²) in [5.41, 5.74) is 1.85. The summed E-state index contributed by atoms with van der Waals surface area (Å²) in [5.74, 6) is 0.0310. The normalized spacial score (nSPS) is 11.0. The molecule has 116 valence electrons. The van der Waals surface area contributed by atoms with Crippen molar-refractivity contribution in [3.05, 3.63) is 52.2 Å². The molecule has 0 N–H and O–H groups in total. The smallest absolute Gasteiger partial charge is 0.246 e. The van der Waals surface area contributed by atoms with Crippen molar-refractivity contribution in [3.63, 3.8) is 0 Å². The fourth-order valence-electron chi connectivity index (χ4n) is 2.12. The van der Waals surface area contributed by atoms with Gasteiger partial charge in [0.15, 0.2) is 0 Å². The van der Waals surface area contributed by atoms with Crippen LogP contribution in [-0.2, 0) is 11.2 Å². The number of thiazole rings is 1. The zero-order chi connectivity index (χ0) is 15.8. The summed E-state index contributed by atoms with van der Waals surface area (Å²) in [6, 6.07) is 5.86. The second kappa shape index (κ2) is 8.44. The molecule has 1 amide bonds. The highest BCUT2D eigenvalue weighted by Crippen LogP contribution is 2.09. The van der Waals surface area contributed by atoms with Gasteiger partial charge in [-0.15, -0.1) is 11.3 Å². The lowest BCUT2D eigenvalue weighted by molar-refractivity contribution is -0.126. The lowest BCUT2D eigenvalue weighted by Crippen LogP contribution is -2.32. The average molecular weight is 315 g/mol. The quantitative estimate of drug-likeness (QED) is 0.736. The zero-order valence-corrected chi connectivity index (χ0v) is 13.8. The van der Waals surface area contributed by atoms with Crippen molar-refractivity contribution < 1.29 is 4.79 Å². The van der Waals surface area contributed by atoms with Crippen molar-refractivity contribution in [1.82, 2.24) is 14.9 Å². The largest absolute Gasteiger partial charge is 0.339 e. The highest BCUT2D eigenvalue weighted by Gasteiger charge is 2.10. The Hall–Kier alpha value is -2.01. The molecule has 0 radical (unpaired) electrons. The van der Waals surface area contributed by atoms with Crippen molar-refractivity contribution >= 4 is 23.3 Å². The Bertz CT molecular complexity index is 622. The van der Waals surface area contributed by atoms with Crippen LogP contribution in [0.5, 0.6) is 0 Å². The van der Waals surface area contributed by atoms with Crippen LogP contribution < -0.4 is 0 Å². The molecule has 0 saturated heterocycles. The van der Waals surface area contributed by atoms with Crippen molar-refractivity contribution in [2.24, 2.45) is 0 Å². The van der Waals surface area contributed by atoms with Gasteiger partial charge in [0, 0.05) is 42.9 Å². The molecule has 0 unspecified atom stereocenters. The van der Waals surface area contributed by atoms with Crippen molar-refractivity contribution in [2.45, 2.75) is 26.7 Å². The molecule has 4 nitrogen and oxygen atoms in total. The molecule has 2 rings (SSSR count). The van der Waals surface area contributed by atoms with Gasteiger partial charge in [-0.05, 0) is 31.6 Å². The van der Waals surface area contributed by atoms with E-state index in [4.69, 9.17) is 0 Å². The maximum Gasteiger partial charge on any atom is 0.246 e. The Morgan fingerprint density at radius 2 is 2.23 bits per heavy atom. The van der Waals surface area contributed by atoms with E-state index in [0.29, 0.717) is 6.54 Å². The molecule has 0 aliphatic rings. The second-order valence-corrected chi connectivity index (χ2v) is 6.08. The van der Waals surface area contributed by atoms with Gasteiger partial charge in [-0.3, -0.25) is 9.78 Å². The summed E-state index contributed by atoms with van der Waals surface area (Å²) < 4.78 is 0. The van der Waals surface area contributed by atoms with Gasteiger partial charge in [0.2, 0.25) is 5.91 Å². The Morgan fingerprint density at radius 3 is 2.86 bits per heavy atom. The number of aryl methyl sites for hydroxylation is 1. The SMILES string of the molecule is CCCN(CCc1ccccn1)C(=O)/C=C\c1csc(C)n1. The van der Waals surface area contributed by atoms with Gasteiger partial charge >= 0.3 is 0 Å². The standard InChI is InChI=1S/C17H21N3OS/c1-3-11-20(12-9-15-6-4-5-10-18-15)17(21)8-7-16-13-22-14(2)19-16/h4-8,10,13H,3,9,11-12H2,1-2H3/b8-7-. The molecule has 2 heterocycles. The Labute approximate surface area is 135 Å². The second-order valence-electron chi connectivity index (χ2n) is 5.02. The van der Waals surface area contributed by atoms with Crippen LogP contribution in [0, 0.1) is 6.92 Å². The highest BCUT2D eigenvalue weighted by molar-refractivity contribution is 7.09. The average Bonchev–Trinajstić information content (AvgIpc) is 2.95. The number of rotatable bonds is 7. The fraction of sp³-hybridized carbons (Fsp3) is 0.353. The Kier molecular flexibility index (Phi) is 6.27. The lowest BCUT2D eigenvalue weighted by atomic mass is 10.2. The summed E-state index contributed by atoms with van der Waals surface area (Å²) in [4.78, 5) is 22.8. The van der Waals surface area contributed by atoms with E-state index in [1.54, 1.807) is 29.7 Å². The molecule has 0 aliphatic carbocycles. The molecular weight excluding hydrogens is 294 g/mol. The number of nitrogens with zero attached hydrogens (tertiary/aromatic N) is 3. The van der Waals surface area contributed by atoms with E-state index in [0.717, 1.165) is 35.8 Å². The molecule has 22 heavy (non-hydrogen) atoms. The van der Waals surface area contributed by atoms with E-state index in [1.807, 2.05) is 35.4 Å². The summed E-state index contributed by atoms with van der Waals surface area (Å²) in [6.07, 6.45) is 6.90. The maximum absolute atomic E-state index is 12.3. The van der Waals surface area contributed by atoms with Crippen molar-refractivity contribution in [1.29, 1.82) is 0 Å². The number of hydrogen-bond acceptors (Lipinski definition) is 4. The van der Waals surface area contributed by atoms with Gasteiger partial charge in [0.05, 0.1) is 10.7 Å². The van der Waals surface area contributed by atoms with Gasteiger partial charge in [0.1, 0.15) is 0 Å². The molecule has 0 aromatic carbocycles. The molecule has 0 spiro atoms. The third kappa shape index (κ3) is 5.07. The fourth-order valence-corrected chi connectivity index (χ4v) is 2.70. The first-order valence-corrected chi connectivity index (χ1v) is 8.36. The van der Waals surface area contributed by atoms with Crippen LogP contribution in [0.1, 0.15) is 29.7 Å². The number of pyridine rings is 1. The first kappa shape index (κ1) is 16.4. The first-order chi connectivity index (χ1) is 10.7. The van der Waals surface area contributed by atoms with Crippen LogP contribution in [0.2, 0.25) is 0 Å². The van der Waals surface area contributed by atoms with Crippen LogP contribution in [0.4, 0.5) is 0 Å². The van der Waals surface area contributed by atoms with Gasteiger partial charge in [-0.1, -0.05) is 13.0 Å². The lowest BCUT2D eigenvalue weighted by Gasteiger charge is -2.20. The van der Waals surface area contributed by atoms with E-state index >= 15 is 0 Å². The van der Waals surface area contributed by atoms with Crippen LogP contribution in [0.3, 0.4) is 0 Å². The van der Waals surface area contributed by atoms with Gasteiger partial charge < -0.3 is 4.90 Å². The molecule has 0 saturated carbocycles. The number of amides is 1. The van der Waals surface area contributed by atoms with Gasteiger partial charge in [-0.25, -0.2) is 4.98 Å². The molecule has 0 bridgehead atoms. The van der Waals surface area contributed by atoms with Crippen LogP contribution in [-0.4, -0.2) is 33.9 Å². The molecule has 0 aliphatic heterocycles. The van der Waals surface area contributed by atoms with Crippen LogP contribution in [0.15, 0.2) is 35.9 Å². The minimum absolute atomic E-state index is 0.0310. The van der Waals surface area contributed by atoms with E-state index < -0.39 is 0 Å². The van der Waals surface area contributed by atoms with E-state index in [2.05, 4.69) is 16.9 Å². The first-order valence-electron chi connectivity index (χ1n) is 7.48. The van der Waals surface area contributed by atoms with E-state index in [1.165, 1.54) is 0 Å². The zero-order valence-electron chi connectivity index (χ0n) is 13.0. The maximum atomic E-state index is 12.3. The summed E-state index contributed by atoms with van der Waals surface area (Å²) >= 11 is 1.59. The predicted molar refractivity (Wildman–Crippen MR) is 90.7 cm³/mol. The molecule has 5 heteroatoms. The van der Waals surface area contributed by atoms with Crippen molar-refractivity contribution in [2.75, 3.05) is 13.1 Å². The molecule has 0 atom stereocenters. The third-order valence-corrected chi connectivity index (χ3v) is 3.99. The number of aromatic nitrogens is 2. The summed E-state index contributed by atoms with van der Waals surface area (Å²) in [6.45, 7) is 5.48. The molecular formula is C17H21N3OS. The molecule has 0 fully saturated rings. The molecule has 2 aromatic rings. The van der Waals surface area contributed by atoms with Crippen LogP contribution in [0.25, 0.3) is 6.08 Å². The Balaban J connectivity index is 1.94. The highest BCUT2D eigenvalue weighted by atomic mass is 32.1. The predicted octanol–water partition coefficient (Wildman–Crippen LogP) is 3.34. The van der Waals surface area contributed by atoms with E-state index in [9.17, 15) is 4.79 Å². The van der Waals surface area contributed by atoms with Gasteiger partial charge in [-0.2, -0.15) is 0 Å². The minimum atomic E-state index is 0.0310. The van der Waals surface area contributed by atoms with Gasteiger partial charge in [0.25, 0.3) is 0 Å². The summed E-state index contributed by atoms with van der Waals surface area (Å²) in [5, 5.41) is 2.96. The van der Waals surface area contributed by atoms with Crippen molar-refractivity contribution in [3.8, 4) is 0 Å². The number of carbonyl (C=O) groups is 1. The Morgan fingerprint density at radius 1 is 1.36 bits per heavy atom. The topological polar surface area (TPSA) is 46.1 Å². The monoisotopic (exact) mass is 315 g/mol. The van der Waals surface area contributed by atoms with Crippen LogP contribution >= 0.6 is 11.3 Å². The number of hydrogen-bond donors (Lipinski definition) is 0. The minimum Gasteiger partial charge on any atom is -0.339 e. The number of carbonyl (C=O) groups excluding carboxylic acids is 1. The summed E-state index contributed by atoms with van der Waals surface area (Å²) in [7, 11) is 0. The third-order valence-electron chi connectivity index (χ3n) is 3.20.